The number of amides is 1. The minimum absolute atomic E-state index is 0.0956. The summed E-state index contributed by atoms with van der Waals surface area (Å²) in [5, 5.41) is 3.69. The Morgan fingerprint density at radius 2 is 1.62 bits per heavy atom. The molecule has 0 fully saturated rings. The Morgan fingerprint density at radius 3 is 2.38 bits per heavy atom. The predicted octanol–water partition coefficient (Wildman–Crippen LogP) is 4.25. The van der Waals surface area contributed by atoms with Crippen LogP contribution in [0.3, 0.4) is 0 Å². The molecule has 4 aromatic rings. The van der Waals surface area contributed by atoms with Gasteiger partial charge >= 0.3 is 0 Å². The summed E-state index contributed by atoms with van der Waals surface area (Å²) in [6.07, 6.45) is 0. The quantitative estimate of drug-likeness (QED) is 0.521. The number of nitrogens with zero attached hydrogens (tertiary/aromatic N) is 1. The van der Waals surface area contributed by atoms with Gasteiger partial charge in [0, 0.05) is 23.6 Å². The third-order valence-electron chi connectivity index (χ3n) is 4.64. The van der Waals surface area contributed by atoms with E-state index in [1.807, 2.05) is 30.3 Å². The molecule has 7 heteroatoms. The number of H-pyrrole nitrogens is 1. The van der Waals surface area contributed by atoms with Gasteiger partial charge in [0.1, 0.15) is 5.69 Å². The van der Waals surface area contributed by atoms with Crippen LogP contribution in [0, 0.1) is 0 Å². The van der Waals surface area contributed by atoms with Crippen LogP contribution in [-0.4, -0.2) is 26.4 Å². The minimum atomic E-state index is -3.76. The first-order chi connectivity index (χ1) is 13.9. The first kappa shape index (κ1) is 18.8. The van der Waals surface area contributed by atoms with Gasteiger partial charge in [-0.25, -0.2) is 8.42 Å². The second-order valence-electron chi connectivity index (χ2n) is 6.56. The van der Waals surface area contributed by atoms with Gasteiger partial charge in [0.2, 0.25) is 0 Å². The van der Waals surface area contributed by atoms with Gasteiger partial charge in [0.25, 0.3) is 15.9 Å². The van der Waals surface area contributed by atoms with E-state index in [-0.39, 0.29) is 10.8 Å². The summed E-state index contributed by atoms with van der Waals surface area (Å²) in [6.45, 7) is 0. The average molecular weight is 405 g/mol. The first-order valence-corrected chi connectivity index (χ1v) is 10.4. The number of fused-ring (bicyclic) bond motifs is 1. The van der Waals surface area contributed by atoms with Crippen molar-refractivity contribution in [2.45, 2.75) is 4.90 Å². The molecule has 146 valence electrons. The molecule has 6 nitrogen and oxygen atoms in total. The third-order valence-corrected chi connectivity index (χ3v) is 6.43. The maximum Gasteiger partial charge on any atom is 0.272 e. The van der Waals surface area contributed by atoms with Crippen molar-refractivity contribution < 1.29 is 13.2 Å². The standard InChI is InChI=1S/C22H19N3O3S/c1-25(18-10-3-2-4-11-18)29(27,28)19-12-7-9-17(15-19)23-22(26)21-14-16-8-5-6-13-20(16)24-21/h2-15,24H,1H3,(H,23,26). The highest BCUT2D eigenvalue weighted by Gasteiger charge is 2.22. The molecule has 2 N–H and O–H groups in total. The summed E-state index contributed by atoms with van der Waals surface area (Å²) in [5.41, 5.74) is 2.22. The van der Waals surface area contributed by atoms with Gasteiger partial charge in [0.05, 0.1) is 10.6 Å². The zero-order chi connectivity index (χ0) is 20.4. The van der Waals surface area contributed by atoms with E-state index in [0.717, 1.165) is 10.9 Å². The van der Waals surface area contributed by atoms with Gasteiger partial charge in [-0.3, -0.25) is 9.10 Å². The number of carbonyl (C=O) groups excluding carboxylic acids is 1. The summed E-state index contributed by atoms with van der Waals surface area (Å²) in [7, 11) is -2.26. The number of hydrogen-bond donors (Lipinski definition) is 2. The molecule has 0 saturated heterocycles. The van der Waals surface area contributed by atoms with Gasteiger partial charge in [-0.05, 0) is 42.5 Å². The number of nitrogens with one attached hydrogen (secondary N) is 2. The third kappa shape index (κ3) is 3.72. The number of hydrogen-bond acceptors (Lipinski definition) is 3. The number of para-hydroxylation sites is 2. The molecule has 0 spiro atoms. The van der Waals surface area contributed by atoms with Gasteiger partial charge < -0.3 is 10.3 Å². The van der Waals surface area contributed by atoms with Crippen molar-refractivity contribution in [1.29, 1.82) is 0 Å². The Kier molecular flexibility index (Phi) is 4.82. The lowest BCUT2D eigenvalue weighted by molar-refractivity contribution is 0.102. The van der Waals surface area contributed by atoms with E-state index in [2.05, 4.69) is 10.3 Å². The molecule has 0 radical (unpaired) electrons. The van der Waals surface area contributed by atoms with Crippen molar-refractivity contribution in [3.8, 4) is 0 Å². The smallest absolute Gasteiger partial charge is 0.272 e. The van der Waals surface area contributed by atoms with Gasteiger partial charge in [-0.15, -0.1) is 0 Å². The van der Waals surface area contributed by atoms with Crippen LogP contribution in [0.5, 0.6) is 0 Å². The molecule has 0 unspecified atom stereocenters. The molecule has 4 rings (SSSR count). The molecule has 1 aromatic heterocycles. The fraction of sp³-hybridized carbons (Fsp3) is 0.0455. The number of benzene rings is 3. The summed E-state index contributed by atoms with van der Waals surface area (Å²) in [6, 6.07) is 24.4. The number of rotatable bonds is 5. The zero-order valence-electron chi connectivity index (χ0n) is 15.7. The second kappa shape index (κ2) is 7.44. The Hall–Kier alpha value is -3.58. The highest BCUT2D eigenvalue weighted by atomic mass is 32.2. The van der Waals surface area contributed by atoms with Crippen LogP contribution in [0.25, 0.3) is 10.9 Å². The first-order valence-electron chi connectivity index (χ1n) is 8.98. The van der Waals surface area contributed by atoms with Crippen molar-refractivity contribution in [2.75, 3.05) is 16.7 Å². The highest BCUT2D eigenvalue weighted by molar-refractivity contribution is 7.92. The van der Waals surface area contributed by atoms with Crippen LogP contribution in [0.4, 0.5) is 11.4 Å². The van der Waals surface area contributed by atoms with E-state index in [9.17, 15) is 13.2 Å². The number of sulfonamides is 1. The van der Waals surface area contributed by atoms with E-state index in [4.69, 9.17) is 0 Å². The van der Waals surface area contributed by atoms with Crippen molar-refractivity contribution in [1.82, 2.24) is 4.98 Å². The minimum Gasteiger partial charge on any atom is -0.351 e. The molecular formula is C22H19N3O3S. The van der Waals surface area contributed by atoms with Crippen LogP contribution in [0.1, 0.15) is 10.5 Å². The predicted molar refractivity (Wildman–Crippen MR) is 115 cm³/mol. The summed E-state index contributed by atoms with van der Waals surface area (Å²) in [5.74, 6) is -0.341. The molecule has 29 heavy (non-hydrogen) atoms. The number of anilines is 2. The molecule has 3 aromatic carbocycles. The Labute approximate surface area is 168 Å². The summed E-state index contributed by atoms with van der Waals surface area (Å²) >= 11 is 0. The lowest BCUT2D eigenvalue weighted by Gasteiger charge is -2.19. The van der Waals surface area contributed by atoms with E-state index < -0.39 is 10.0 Å². The van der Waals surface area contributed by atoms with E-state index in [1.54, 1.807) is 42.5 Å². The van der Waals surface area contributed by atoms with Crippen molar-refractivity contribution in [2.24, 2.45) is 0 Å². The lowest BCUT2D eigenvalue weighted by atomic mass is 10.2. The SMILES string of the molecule is CN(c1ccccc1)S(=O)(=O)c1cccc(NC(=O)c2cc3ccccc3[nH]2)c1. The molecule has 0 aliphatic heterocycles. The monoisotopic (exact) mass is 405 g/mol. The average Bonchev–Trinajstić information content (AvgIpc) is 3.18. The van der Waals surface area contributed by atoms with E-state index in [1.165, 1.54) is 23.5 Å². The van der Waals surface area contributed by atoms with Gasteiger partial charge in [-0.2, -0.15) is 0 Å². The van der Waals surface area contributed by atoms with E-state index in [0.29, 0.717) is 17.1 Å². The molecular weight excluding hydrogens is 386 g/mol. The largest absolute Gasteiger partial charge is 0.351 e. The number of aromatic nitrogens is 1. The Bertz CT molecular complexity index is 1250. The van der Waals surface area contributed by atoms with E-state index >= 15 is 0 Å². The fourth-order valence-corrected chi connectivity index (χ4v) is 4.31. The Morgan fingerprint density at radius 1 is 0.897 bits per heavy atom. The topological polar surface area (TPSA) is 82.3 Å². The maximum absolute atomic E-state index is 13.0. The molecule has 0 atom stereocenters. The maximum atomic E-state index is 13.0. The molecule has 1 amide bonds. The highest BCUT2D eigenvalue weighted by Crippen LogP contribution is 2.24. The van der Waals surface area contributed by atoms with Crippen LogP contribution >= 0.6 is 0 Å². The van der Waals surface area contributed by atoms with Crippen LogP contribution in [0.2, 0.25) is 0 Å². The molecule has 1 heterocycles. The molecule has 0 aliphatic carbocycles. The number of carbonyl (C=O) groups is 1. The normalized spacial score (nSPS) is 11.3. The van der Waals surface area contributed by atoms with Crippen molar-refractivity contribution in [3.05, 3.63) is 90.6 Å². The number of aromatic amines is 1. The Balaban J connectivity index is 1.59. The second-order valence-corrected chi connectivity index (χ2v) is 8.53. The van der Waals surface area contributed by atoms with Crippen molar-refractivity contribution >= 4 is 38.2 Å². The zero-order valence-corrected chi connectivity index (χ0v) is 16.5. The molecule has 0 saturated carbocycles. The fourth-order valence-electron chi connectivity index (χ4n) is 3.06. The summed E-state index contributed by atoms with van der Waals surface area (Å²) < 4.78 is 27.1. The molecule has 0 aliphatic rings. The van der Waals surface area contributed by atoms with Crippen LogP contribution in [-0.2, 0) is 10.0 Å². The van der Waals surface area contributed by atoms with Crippen LogP contribution < -0.4 is 9.62 Å². The van der Waals surface area contributed by atoms with Gasteiger partial charge in [-0.1, -0.05) is 42.5 Å². The molecule has 0 bridgehead atoms. The summed E-state index contributed by atoms with van der Waals surface area (Å²) in [4.78, 5) is 15.8. The van der Waals surface area contributed by atoms with Gasteiger partial charge in [0.15, 0.2) is 0 Å². The van der Waals surface area contributed by atoms with Crippen molar-refractivity contribution in [3.63, 3.8) is 0 Å². The van der Waals surface area contributed by atoms with Crippen LogP contribution in [0.15, 0.2) is 89.8 Å². The lowest BCUT2D eigenvalue weighted by Crippen LogP contribution is -2.26.